The number of hydrogen-bond donors (Lipinski definition) is 2. The predicted octanol–water partition coefficient (Wildman–Crippen LogP) is 2.90. The van der Waals surface area contributed by atoms with Gasteiger partial charge in [0.1, 0.15) is 0 Å². The van der Waals surface area contributed by atoms with Gasteiger partial charge in [-0.25, -0.2) is 0 Å². The number of aryl methyl sites for hydroxylation is 1. The van der Waals surface area contributed by atoms with Gasteiger partial charge in [-0.2, -0.15) is 0 Å². The monoisotopic (exact) mass is 235 g/mol. The van der Waals surface area contributed by atoms with Crippen molar-refractivity contribution in [2.45, 2.75) is 46.1 Å². The zero-order valence-corrected chi connectivity index (χ0v) is 11.5. The van der Waals surface area contributed by atoms with Gasteiger partial charge in [0.05, 0.1) is 5.60 Å². The Bertz CT molecular complexity index is 358. The molecule has 0 saturated carbocycles. The van der Waals surface area contributed by atoms with Crippen LogP contribution in [0.5, 0.6) is 0 Å². The van der Waals surface area contributed by atoms with Crippen LogP contribution in [0.1, 0.15) is 43.4 Å². The summed E-state index contributed by atoms with van der Waals surface area (Å²) in [6.45, 7) is 10.1. The van der Waals surface area contributed by atoms with Crippen LogP contribution in [-0.4, -0.2) is 18.2 Å². The maximum atomic E-state index is 10.6. The maximum Gasteiger partial charge on any atom is 0.0883 e. The molecule has 1 unspecified atom stereocenters. The molecule has 17 heavy (non-hydrogen) atoms. The SMILES string of the molecule is CCCNCCC(C)(O)c1cccc(C)c1C. The van der Waals surface area contributed by atoms with E-state index in [1.165, 1.54) is 11.1 Å². The highest BCUT2D eigenvalue weighted by Crippen LogP contribution is 2.28. The highest BCUT2D eigenvalue weighted by Gasteiger charge is 2.24. The van der Waals surface area contributed by atoms with Gasteiger partial charge in [0.15, 0.2) is 0 Å². The Morgan fingerprint density at radius 1 is 1.24 bits per heavy atom. The van der Waals surface area contributed by atoms with Crippen LogP contribution < -0.4 is 5.32 Å². The van der Waals surface area contributed by atoms with Crippen LogP contribution in [0.2, 0.25) is 0 Å². The van der Waals surface area contributed by atoms with Gasteiger partial charge in [0.25, 0.3) is 0 Å². The van der Waals surface area contributed by atoms with E-state index in [4.69, 9.17) is 0 Å². The van der Waals surface area contributed by atoms with Crippen LogP contribution in [0.3, 0.4) is 0 Å². The Kier molecular flexibility index (Phi) is 5.16. The highest BCUT2D eigenvalue weighted by atomic mass is 16.3. The van der Waals surface area contributed by atoms with Crippen LogP contribution in [0, 0.1) is 13.8 Å². The van der Waals surface area contributed by atoms with Crippen molar-refractivity contribution in [1.29, 1.82) is 0 Å². The molecule has 0 aromatic heterocycles. The first-order valence-corrected chi connectivity index (χ1v) is 6.49. The number of benzene rings is 1. The Morgan fingerprint density at radius 2 is 1.94 bits per heavy atom. The van der Waals surface area contributed by atoms with Crippen LogP contribution >= 0.6 is 0 Å². The second-order valence-electron chi connectivity index (χ2n) is 5.02. The normalized spacial score (nSPS) is 14.6. The van der Waals surface area contributed by atoms with E-state index in [2.05, 4.69) is 32.2 Å². The Morgan fingerprint density at radius 3 is 2.59 bits per heavy atom. The first kappa shape index (κ1) is 14.2. The fourth-order valence-corrected chi connectivity index (χ4v) is 2.10. The van der Waals surface area contributed by atoms with E-state index in [0.29, 0.717) is 0 Å². The molecular formula is C15H25NO. The highest BCUT2D eigenvalue weighted by molar-refractivity contribution is 5.36. The number of aliphatic hydroxyl groups is 1. The topological polar surface area (TPSA) is 32.3 Å². The lowest BCUT2D eigenvalue weighted by atomic mass is 9.87. The Hall–Kier alpha value is -0.860. The van der Waals surface area contributed by atoms with Crippen molar-refractivity contribution in [3.8, 4) is 0 Å². The summed E-state index contributed by atoms with van der Waals surface area (Å²) < 4.78 is 0. The summed E-state index contributed by atoms with van der Waals surface area (Å²) in [4.78, 5) is 0. The first-order chi connectivity index (χ1) is 7.99. The number of rotatable bonds is 6. The van der Waals surface area contributed by atoms with E-state index in [1.807, 2.05) is 19.1 Å². The molecule has 2 heteroatoms. The summed E-state index contributed by atoms with van der Waals surface area (Å²) in [5.74, 6) is 0. The molecule has 0 saturated heterocycles. The average Bonchev–Trinajstić information content (AvgIpc) is 2.28. The van der Waals surface area contributed by atoms with Gasteiger partial charge in [-0.3, -0.25) is 0 Å². The Balaban J connectivity index is 2.71. The fourth-order valence-electron chi connectivity index (χ4n) is 2.10. The zero-order chi connectivity index (χ0) is 12.9. The number of nitrogens with one attached hydrogen (secondary N) is 1. The molecule has 1 aromatic rings. The second kappa shape index (κ2) is 6.18. The zero-order valence-electron chi connectivity index (χ0n) is 11.5. The standard InChI is InChI=1S/C15H25NO/c1-5-10-16-11-9-15(4,17)14-8-6-7-12(2)13(14)3/h6-8,16-17H,5,9-11H2,1-4H3. The van der Waals surface area contributed by atoms with Gasteiger partial charge in [-0.05, 0) is 63.4 Å². The van der Waals surface area contributed by atoms with Crippen LogP contribution in [0.4, 0.5) is 0 Å². The molecule has 2 nitrogen and oxygen atoms in total. The van der Waals surface area contributed by atoms with Crippen molar-refractivity contribution < 1.29 is 5.11 Å². The van der Waals surface area contributed by atoms with E-state index < -0.39 is 5.60 Å². The molecule has 96 valence electrons. The molecule has 0 aliphatic carbocycles. The van der Waals surface area contributed by atoms with Crippen molar-refractivity contribution >= 4 is 0 Å². The van der Waals surface area contributed by atoms with E-state index in [0.717, 1.165) is 31.5 Å². The summed E-state index contributed by atoms with van der Waals surface area (Å²) in [6.07, 6.45) is 1.88. The van der Waals surface area contributed by atoms with Crippen molar-refractivity contribution in [2.75, 3.05) is 13.1 Å². The van der Waals surface area contributed by atoms with Crippen LogP contribution in [0.15, 0.2) is 18.2 Å². The van der Waals surface area contributed by atoms with E-state index in [9.17, 15) is 5.11 Å². The Labute approximate surface area is 105 Å². The minimum absolute atomic E-state index is 0.739. The van der Waals surface area contributed by atoms with Crippen LogP contribution in [-0.2, 0) is 5.60 Å². The van der Waals surface area contributed by atoms with E-state index >= 15 is 0 Å². The quantitative estimate of drug-likeness (QED) is 0.743. The summed E-state index contributed by atoms with van der Waals surface area (Å²) in [5, 5.41) is 13.9. The molecule has 0 radical (unpaired) electrons. The molecule has 1 aromatic carbocycles. The summed E-state index contributed by atoms with van der Waals surface area (Å²) in [7, 11) is 0. The molecule has 0 aliphatic heterocycles. The van der Waals surface area contributed by atoms with Gasteiger partial charge in [-0.1, -0.05) is 25.1 Å². The largest absolute Gasteiger partial charge is 0.385 e. The first-order valence-electron chi connectivity index (χ1n) is 6.49. The summed E-state index contributed by atoms with van der Waals surface area (Å²) in [6, 6.07) is 6.14. The van der Waals surface area contributed by atoms with Crippen molar-refractivity contribution in [1.82, 2.24) is 5.32 Å². The molecule has 0 spiro atoms. The molecule has 0 aliphatic rings. The summed E-state index contributed by atoms with van der Waals surface area (Å²) >= 11 is 0. The second-order valence-corrected chi connectivity index (χ2v) is 5.02. The van der Waals surface area contributed by atoms with E-state index in [1.54, 1.807) is 0 Å². The minimum Gasteiger partial charge on any atom is -0.385 e. The minimum atomic E-state index is -0.739. The molecule has 0 bridgehead atoms. The molecule has 0 amide bonds. The fraction of sp³-hybridized carbons (Fsp3) is 0.600. The van der Waals surface area contributed by atoms with Gasteiger partial charge in [0.2, 0.25) is 0 Å². The lowest BCUT2D eigenvalue weighted by Gasteiger charge is -2.26. The third-order valence-corrected chi connectivity index (χ3v) is 3.40. The third kappa shape index (κ3) is 3.83. The lowest BCUT2D eigenvalue weighted by molar-refractivity contribution is 0.0474. The maximum absolute atomic E-state index is 10.6. The van der Waals surface area contributed by atoms with Crippen molar-refractivity contribution in [3.63, 3.8) is 0 Å². The molecular weight excluding hydrogens is 210 g/mol. The van der Waals surface area contributed by atoms with Crippen molar-refractivity contribution in [3.05, 3.63) is 34.9 Å². The van der Waals surface area contributed by atoms with Gasteiger partial charge in [-0.15, -0.1) is 0 Å². The van der Waals surface area contributed by atoms with E-state index in [-0.39, 0.29) is 0 Å². The molecule has 2 N–H and O–H groups in total. The molecule has 1 atom stereocenters. The van der Waals surface area contributed by atoms with Crippen molar-refractivity contribution in [2.24, 2.45) is 0 Å². The predicted molar refractivity (Wildman–Crippen MR) is 73.3 cm³/mol. The smallest absolute Gasteiger partial charge is 0.0883 e. The molecule has 1 rings (SSSR count). The number of hydrogen-bond acceptors (Lipinski definition) is 2. The van der Waals surface area contributed by atoms with Gasteiger partial charge in [0, 0.05) is 0 Å². The van der Waals surface area contributed by atoms with Gasteiger partial charge >= 0.3 is 0 Å². The van der Waals surface area contributed by atoms with Gasteiger partial charge < -0.3 is 10.4 Å². The lowest BCUT2D eigenvalue weighted by Crippen LogP contribution is -2.29. The molecule has 0 heterocycles. The average molecular weight is 235 g/mol. The third-order valence-electron chi connectivity index (χ3n) is 3.40. The summed E-state index contributed by atoms with van der Waals surface area (Å²) in [5.41, 5.74) is 2.75. The van der Waals surface area contributed by atoms with Crippen LogP contribution in [0.25, 0.3) is 0 Å². The molecule has 0 fully saturated rings.